The molecule has 0 fully saturated rings. The van der Waals surface area contributed by atoms with Gasteiger partial charge in [0, 0.05) is 6.07 Å². The number of hydrogen-bond acceptors (Lipinski definition) is 3. The predicted molar refractivity (Wildman–Crippen MR) is 54.7 cm³/mol. The molecule has 3 heteroatoms. The third-order valence-electron chi connectivity index (χ3n) is 1.72. The average molecular weight is 191 g/mol. The Hall–Kier alpha value is -1.60. The Morgan fingerprint density at radius 3 is 2.71 bits per heavy atom. The molecule has 74 valence electrons. The summed E-state index contributed by atoms with van der Waals surface area (Å²) in [6, 6.07) is 5.47. The molecule has 0 unspecified atom stereocenters. The van der Waals surface area contributed by atoms with Crippen LogP contribution < -0.4 is 4.74 Å². The zero-order valence-electron chi connectivity index (χ0n) is 8.57. The van der Waals surface area contributed by atoms with Crippen LogP contribution in [0, 0.1) is 6.92 Å². The highest BCUT2D eigenvalue weighted by molar-refractivity contribution is 5.56. The van der Waals surface area contributed by atoms with Crippen LogP contribution in [0.25, 0.3) is 0 Å². The van der Waals surface area contributed by atoms with Gasteiger partial charge in [-0.3, -0.25) is 0 Å². The summed E-state index contributed by atoms with van der Waals surface area (Å²) >= 11 is 0. The van der Waals surface area contributed by atoms with Crippen molar-refractivity contribution in [1.29, 1.82) is 0 Å². The molecule has 0 saturated carbocycles. The molecule has 0 atom stereocenters. The Morgan fingerprint density at radius 1 is 1.43 bits per heavy atom. The first-order valence-electron chi connectivity index (χ1n) is 4.48. The monoisotopic (exact) mass is 191 g/mol. The molecule has 0 saturated heterocycles. The van der Waals surface area contributed by atoms with E-state index >= 15 is 0 Å². The van der Waals surface area contributed by atoms with Gasteiger partial charge in [-0.05, 0) is 32.4 Å². The van der Waals surface area contributed by atoms with E-state index in [4.69, 9.17) is 4.74 Å². The van der Waals surface area contributed by atoms with Gasteiger partial charge in [-0.2, -0.15) is 4.99 Å². The molecule has 0 bridgehead atoms. The van der Waals surface area contributed by atoms with E-state index in [1.54, 1.807) is 6.07 Å². The van der Waals surface area contributed by atoms with Gasteiger partial charge < -0.3 is 4.74 Å². The molecular weight excluding hydrogens is 178 g/mol. The van der Waals surface area contributed by atoms with Crippen molar-refractivity contribution in [3.63, 3.8) is 0 Å². The van der Waals surface area contributed by atoms with Gasteiger partial charge in [-0.1, -0.05) is 6.07 Å². The van der Waals surface area contributed by atoms with Crippen molar-refractivity contribution < 1.29 is 9.53 Å². The predicted octanol–water partition coefficient (Wildman–Crippen LogP) is 2.75. The first-order valence-corrected chi connectivity index (χ1v) is 4.48. The normalized spacial score (nSPS) is 9.71. The summed E-state index contributed by atoms with van der Waals surface area (Å²) in [6.45, 7) is 5.78. The first kappa shape index (κ1) is 10.5. The lowest BCUT2D eigenvalue weighted by Crippen LogP contribution is -2.05. The zero-order chi connectivity index (χ0) is 10.6. The summed E-state index contributed by atoms with van der Waals surface area (Å²) in [4.78, 5) is 13.7. The Morgan fingerprint density at radius 2 is 2.14 bits per heavy atom. The Labute approximate surface area is 83.4 Å². The maximum atomic E-state index is 10.1. The van der Waals surface area contributed by atoms with Gasteiger partial charge in [0.15, 0.2) is 0 Å². The maximum Gasteiger partial charge on any atom is 0.240 e. The van der Waals surface area contributed by atoms with Crippen molar-refractivity contribution in [3.8, 4) is 5.75 Å². The highest BCUT2D eigenvalue weighted by Crippen LogP contribution is 2.24. The van der Waals surface area contributed by atoms with Crippen molar-refractivity contribution in [2.45, 2.75) is 26.9 Å². The van der Waals surface area contributed by atoms with E-state index in [-0.39, 0.29) is 6.10 Å². The molecule has 0 radical (unpaired) electrons. The number of nitrogens with zero attached hydrogens (tertiary/aromatic N) is 1. The molecule has 0 heterocycles. The summed E-state index contributed by atoms with van der Waals surface area (Å²) in [6.07, 6.45) is 1.64. The van der Waals surface area contributed by atoms with E-state index in [2.05, 4.69) is 4.99 Å². The number of aliphatic imine (C=N–C) groups is 1. The van der Waals surface area contributed by atoms with Crippen LogP contribution >= 0.6 is 0 Å². The fraction of sp³-hybridized carbons (Fsp3) is 0.364. The summed E-state index contributed by atoms with van der Waals surface area (Å²) in [7, 11) is 0. The van der Waals surface area contributed by atoms with Crippen molar-refractivity contribution in [2.75, 3.05) is 0 Å². The number of rotatable bonds is 3. The van der Waals surface area contributed by atoms with Crippen LogP contribution in [0.15, 0.2) is 23.2 Å². The summed E-state index contributed by atoms with van der Waals surface area (Å²) in [5.41, 5.74) is 1.54. The van der Waals surface area contributed by atoms with Crippen molar-refractivity contribution in [2.24, 2.45) is 4.99 Å². The number of isocyanates is 1. The second-order valence-electron chi connectivity index (χ2n) is 3.32. The van der Waals surface area contributed by atoms with E-state index < -0.39 is 0 Å². The lowest BCUT2D eigenvalue weighted by atomic mass is 10.2. The molecule has 3 nitrogen and oxygen atoms in total. The molecule has 0 aliphatic carbocycles. The van der Waals surface area contributed by atoms with Crippen LogP contribution in [0.1, 0.15) is 19.4 Å². The third kappa shape index (κ3) is 2.71. The van der Waals surface area contributed by atoms with Gasteiger partial charge in [-0.15, -0.1) is 0 Å². The molecule has 1 aromatic carbocycles. The van der Waals surface area contributed by atoms with Gasteiger partial charge in [0.25, 0.3) is 0 Å². The molecule has 0 spiro atoms. The van der Waals surface area contributed by atoms with Crippen LogP contribution in [-0.2, 0) is 4.79 Å². The minimum Gasteiger partial charge on any atom is -0.491 e. The molecule has 0 N–H and O–H groups in total. The van der Waals surface area contributed by atoms with Gasteiger partial charge in [0.05, 0.1) is 11.8 Å². The maximum absolute atomic E-state index is 10.1. The van der Waals surface area contributed by atoms with Crippen LogP contribution in [0.2, 0.25) is 0 Å². The fourth-order valence-corrected chi connectivity index (χ4v) is 1.10. The van der Waals surface area contributed by atoms with Crippen molar-refractivity contribution in [1.82, 2.24) is 0 Å². The van der Waals surface area contributed by atoms with E-state index in [0.29, 0.717) is 5.69 Å². The largest absolute Gasteiger partial charge is 0.491 e. The van der Waals surface area contributed by atoms with Gasteiger partial charge in [-0.25, -0.2) is 4.79 Å². The number of ether oxygens (including phenoxy) is 1. The highest BCUT2D eigenvalue weighted by atomic mass is 16.5. The fourth-order valence-electron chi connectivity index (χ4n) is 1.10. The number of carbonyl (C=O) groups excluding carboxylic acids is 1. The molecule has 0 aromatic heterocycles. The minimum absolute atomic E-state index is 0.116. The number of hydrogen-bond donors (Lipinski definition) is 0. The topological polar surface area (TPSA) is 38.7 Å². The Balaban J connectivity index is 3.00. The summed E-state index contributed by atoms with van der Waals surface area (Å²) in [5.74, 6) is 0.722. The lowest BCUT2D eigenvalue weighted by Gasteiger charge is -2.10. The number of aryl methyl sites for hydroxylation is 1. The lowest BCUT2D eigenvalue weighted by molar-refractivity contribution is 0.242. The Kier molecular flexibility index (Phi) is 3.43. The summed E-state index contributed by atoms with van der Waals surface area (Å²) < 4.78 is 5.47. The molecule has 1 rings (SSSR count). The SMILES string of the molecule is Cc1ccc(OC(C)C)cc1N=C=O. The van der Waals surface area contributed by atoms with Crippen molar-refractivity contribution in [3.05, 3.63) is 23.8 Å². The summed E-state index contributed by atoms with van der Waals surface area (Å²) in [5, 5.41) is 0. The molecule has 14 heavy (non-hydrogen) atoms. The molecule has 0 aliphatic heterocycles. The van der Waals surface area contributed by atoms with Gasteiger partial charge in [0.1, 0.15) is 5.75 Å². The molecule has 0 amide bonds. The zero-order valence-corrected chi connectivity index (χ0v) is 8.57. The van der Waals surface area contributed by atoms with Crippen LogP contribution in [-0.4, -0.2) is 12.2 Å². The van der Waals surface area contributed by atoms with Gasteiger partial charge >= 0.3 is 0 Å². The van der Waals surface area contributed by atoms with Gasteiger partial charge in [0.2, 0.25) is 6.08 Å². The highest BCUT2D eigenvalue weighted by Gasteiger charge is 2.01. The average Bonchev–Trinajstić information content (AvgIpc) is 2.10. The molecule has 0 aliphatic rings. The Bertz CT molecular complexity index is 366. The third-order valence-corrected chi connectivity index (χ3v) is 1.72. The van der Waals surface area contributed by atoms with E-state index in [9.17, 15) is 4.79 Å². The minimum atomic E-state index is 0.116. The van der Waals surface area contributed by atoms with Crippen LogP contribution in [0.5, 0.6) is 5.75 Å². The smallest absolute Gasteiger partial charge is 0.240 e. The second-order valence-corrected chi connectivity index (χ2v) is 3.32. The second kappa shape index (κ2) is 4.58. The molecule has 1 aromatic rings. The van der Waals surface area contributed by atoms with E-state index in [1.807, 2.05) is 32.9 Å². The van der Waals surface area contributed by atoms with E-state index in [0.717, 1.165) is 11.3 Å². The van der Waals surface area contributed by atoms with Crippen LogP contribution in [0.3, 0.4) is 0 Å². The van der Waals surface area contributed by atoms with E-state index in [1.165, 1.54) is 6.08 Å². The van der Waals surface area contributed by atoms with Crippen LogP contribution in [0.4, 0.5) is 5.69 Å². The molecular formula is C11H13NO2. The quantitative estimate of drug-likeness (QED) is 0.544. The standard InChI is InChI=1S/C11H13NO2/c1-8(2)14-10-5-4-9(3)11(6-10)12-7-13/h4-6,8H,1-3H3. The number of benzene rings is 1. The van der Waals surface area contributed by atoms with Crippen molar-refractivity contribution >= 4 is 11.8 Å². The first-order chi connectivity index (χ1) is 6.63.